The van der Waals surface area contributed by atoms with Gasteiger partial charge in [-0.3, -0.25) is 4.79 Å². The van der Waals surface area contributed by atoms with Gasteiger partial charge in [-0.05, 0) is 68.5 Å². The molecule has 0 aliphatic carbocycles. The third kappa shape index (κ3) is 13.0. The van der Waals surface area contributed by atoms with E-state index in [-0.39, 0.29) is 34.4 Å². The van der Waals surface area contributed by atoms with E-state index in [2.05, 4.69) is 73.8 Å². The van der Waals surface area contributed by atoms with Crippen molar-refractivity contribution in [2.45, 2.75) is 129 Å². The number of methoxy groups -OCH3 is 1. The quantitative estimate of drug-likeness (QED) is 0.109. The van der Waals surface area contributed by atoms with Gasteiger partial charge in [0.2, 0.25) is 0 Å². The average molecular weight is 529 g/mol. The molecule has 0 rings (SSSR count). The van der Waals surface area contributed by atoms with E-state index >= 15 is 0 Å². The van der Waals surface area contributed by atoms with E-state index < -0.39 is 22.6 Å². The van der Waals surface area contributed by atoms with Crippen molar-refractivity contribution >= 4 is 28.6 Å². The number of hydrogen-bond donors (Lipinski definition) is 0. The fraction of sp³-hybridized carbons (Fsp3) is 0.778. The summed E-state index contributed by atoms with van der Waals surface area (Å²) in [6.07, 6.45) is 9.13. The first-order valence-electron chi connectivity index (χ1n) is 12.7. The summed E-state index contributed by atoms with van der Waals surface area (Å²) in [5, 5.41) is 0.105. The average Bonchev–Trinajstić information content (AvgIpc) is 2.66. The zero-order valence-corrected chi connectivity index (χ0v) is 26.6. The number of rotatable bonds is 13. The van der Waals surface area contributed by atoms with E-state index in [1.54, 1.807) is 6.08 Å². The molecule has 204 valence electrons. The van der Waals surface area contributed by atoms with Crippen molar-refractivity contribution in [3.8, 4) is 0 Å². The molecule has 0 saturated carbocycles. The van der Waals surface area contributed by atoms with Gasteiger partial charge in [0.25, 0.3) is 0 Å². The Morgan fingerprint density at radius 2 is 1.34 bits per heavy atom. The highest BCUT2D eigenvalue weighted by atomic mass is 28.4. The van der Waals surface area contributed by atoms with Crippen LogP contribution in [-0.4, -0.2) is 54.0 Å². The zero-order valence-electron chi connectivity index (χ0n) is 24.6. The van der Waals surface area contributed by atoms with Gasteiger partial charge in [-0.2, -0.15) is 0 Å². The Bertz CT molecular complexity index is 729. The van der Waals surface area contributed by atoms with Gasteiger partial charge in [0, 0.05) is 13.0 Å². The highest BCUT2D eigenvalue weighted by Gasteiger charge is 2.40. The van der Waals surface area contributed by atoms with Gasteiger partial charge in [-0.15, -0.1) is 0 Å². The zero-order chi connectivity index (χ0) is 27.7. The Morgan fingerprint density at radius 3 is 1.80 bits per heavy atom. The minimum Gasteiger partial charge on any atom is -0.466 e. The third-order valence-corrected chi connectivity index (χ3v) is 16.1. The summed E-state index contributed by atoms with van der Waals surface area (Å²) in [6, 6.07) is 0. The highest BCUT2D eigenvalue weighted by Crippen LogP contribution is 2.39. The first-order chi connectivity index (χ1) is 15.7. The predicted molar refractivity (Wildman–Crippen MR) is 150 cm³/mol. The molecule has 0 radical (unpaired) electrons. The summed E-state index contributed by atoms with van der Waals surface area (Å²) in [7, 11) is -2.75. The van der Waals surface area contributed by atoms with Crippen LogP contribution in [0, 0.1) is 0 Å². The fourth-order valence-electron chi connectivity index (χ4n) is 2.83. The van der Waals surface area contributed by atoms with E-state index in [1.807, 2.05) is 13.0 Å². The lowest BCUT2D eigenvalue weighted by Crippen LogP contribution is -2.44. The molecule has 35 heavy (non-hydrogen) atoms. The van der Waals surface area contributed by atoms with E-state index in [9.17, 15) is 9.59 Å². The lowest BCUT2D eigenvalue weighted by atomic mass is 10.1. The summed E-state index contributed by atoms with van der Waals surface area (Å²) in [5.41, 5.74) is 0. The molecule has 0 bridgehead atoms. The van der Waals surface area contributed by atoms with Crippen LogP contribution in [0.4, 0.5) is 0 Å². The summed E-state index contributed by atoms with van der Waals surface area (Å²) >= 11 is 0. The molecule has 0 saturated heterocycles. The van der Waals surface area contributed by atoms with Crippen LogP contribution in [0.5, 0.6) is 0 Å². The van der Waals surface area contributed by atoms with Crippen molar-refractivity contribution in [1.29, 1.82) is 0 Å². The Kier molecular flexibility index (Phi) is 13.4. The maximum atomic E-state index is 11.8. The Morgan fingerprint density at radius 1 is 0.829 bits per heavy atom. The van der Waals surface area contributed by atoms with Crippen molar-refractivity contribution < 1.29 is 27.9 Å². The summed E-state index contributed by atoms with van der Waals surface area (Å²) in [4.78, 5) is 23.0. The van der Waals surface area contributed by atoms with Crippen molar-refractivity contribution in [1.82, 2.24) is 0 Å². The monoisotopic (exact) mass is 528 g/mol. The number of ether oxygens (including phenoxy) is 2. The lowest BCUT2D eigenvalue weighted by molar-refractivity contribution is -0.145. The second-order valence-electron chi connectivity index (χ2n) is 12.4. The molecular weight excluding hydrogens is 476 g/mol. The molecule has 8 heteroatoms. The summed E-state index contributed by atoms with van der Waals surface area (Å²) in [6.45, 7) is 25.5. The summed E-state index contributed by atoms with van der Waals surface area (Å²) in [5.74, 6) is -0.662. The van der Waals surface area contributed by atoms with Gasteiger partial charge >= 0.3 is 11.9 Å². The second kappa shape index (κ2) is 13.9. The molecule has 0 aliphatic heterocycles. The molecule has 0 aromatic heterocycles. The number of hydrogen-bond acceptors (Lipinski definition) is 6. The fourth-order valence-corrected chi connectivity index (χ4v) is 5.33. The number of carbonyl (C=O) groups is 2. The molecular formula is C27H52O6Si2. The van der Waals surface area contributed by atoms with E-state index in [4.69, 9.17) is 18.3 Å². The smallest absolute Gasteiger partial charge is 0.330 e. The van der Waals surface area contributed by atoms with Crippen molar-refractivity contribution in [3.63, 3.8) is 0 Å². The van der Waals surface area contributed by atoms with Crippen LogP contribution in [-0.2, 0) is 27.9 Å². The summed E-state index contributed by atoms with van der Waals surface area (Å²) < 4.78 is 23.4. The minimum absolute atomic E-state index is 0.0298. The maximum absolute atomic E-state index is 11.8. The van der Waals surface area contributed by atoms with Crippen molar-refractivity contribution in [2.75, 3.05) is 7.11 Å². The van der Waals surface area contributed by atoms with Gasteiger partial charge in [0.1, 0.15) is 0 Å². The molecule has 0 spiro atoms. The number of esters is 2. The van der Waals surface area contributed by atoms with Crippen LogP contribution >= 0.6 is 0 Å². The maximum Gasteiger partial charge on any atom is 0.330 e. The highest BCUT2D eigenvalue weighted by molar-refractivity contribution is 6.74. The first kappa shape index (κ1) is 33.8. The van der Waals surface area contributed by atoms with Gasteiger partial charge < -0.3 is 18.3 Å². The van der Waals surface area contributed by atoms with Crippen LogP contribution in [0.3, 0.4) is 0 Å². The molecule has 6 nitrogen and oxygen atoms in total. The SMILES string of the molecule is COC(=O)/C=C/[C@H](/C=C\[C@@H](CCC[C@H](C)OC(C)=O)O[Si](C)(C)C(C)(C)C)O[Si](C)(C)C(C)(C)C. The van der Waals surface area contributed by atoms with Gasteiger partial charge in [0.15, 0.2) is 16.6 Å². The van der Waals surface area contributed by atoms with Crippen LogP contribution < -0.4 is 0 Å². The topological polar surface area (TPSA) is 71.1 Å². The minimum atomic E-state index is -2.09. The molecule has 0 N–H and O–H groups in total. The van der Waals surface area contributed by atoms with Crippen LogP contribution in [0.2, 0.25) is 36.3 Å². The first-order valence-corrected chi connectivity index (χ1v) is 18.5. The Labute approximate surface area is 217 Å². The third-order valence-electron chi connectivity index (χ3n) is 7.09. The van der Waals surface area contributed by atoms with Crippen molar-refractivity contribution in [2.24, 2.45) is 0 Å². The number of carbonyl (C=O) groups excluding carboxylic acids is 2. The van der Waals surface area contributed by atoms with Gasteiger partial charge in [-0.25, -0.2) is 4.79 Å². The standard InChI is InChI=1S/C27H52O6Si2/c1-21(31-22(2)28)15-14-16-23(32-34(10,11)26(3,4)5)17-18-24(19-20-25(29)30-9)33-35(12,13)27(6,7)8/h17-21,23-24H,14-16H2,1-13H3/b18-17-,20-19+/t21-,23+,24-/m0/s1. The molecule has 0 amide bonds. The normalized spacial score (nSPS) is 16.4. The molecule has 0 fully saturated rings. The largest absolute Gasteiger partial charge is 0.466 e. The second-order valence-corrected chi connectivity index (χ2v) is 21.9. The van der Waals surface area contributed by atoms with E-state index in [0.29, 0.717) is 0 Å². The van der Waals surface area contributed by atoms with Crippen molar-refractivity contribution in [3.05, 3.63) is 24.3 Å². The molecule has 0 aromatic carbocycles. The molecule has 3 atom stereocenters. The Hall–Kier alpha value is -1.23. The predicted octanol–water partition coefficient (Wildman–Crippen LogP) is 7.17. The molecule has 0 aliphatic rings. The van der Waals surface area contributed by atoms with Crippen LogP contribution in [0.1, 0.15) is 74.7 Å². The van der Waals surface area contributed by atoms with Gasteiger partial charge in [0.05, 0.1) is 25.4 Å². The van der Waals surface area contributed by atoms with Gasteiger partial charge in [-0.1, -0.05) is 53.7 Å². The molecule has 0 heterocycles. The van der Waals surface area contributed by atoms with Crippen LogP contribution in [0.15, 0.2) is 24.3 Å². The van der Waals surface area contributed by atoms with Crippen LogP contribution in [0.25, 0.3) is 0 Å². The lowest BCUT2D eigenvalue weighted by Gasteiger charge is -2.39. The van der Waals surface area contributed by atoms with E-state index in [0.717, 1.165) is 19.3 Å². The molecule has 0 aromatic rings. The van der Waals surface area contributed by atoms with E-state index in [1.165, 1.54) is 20.1 Å². The molecule has 0 unspecified atom stereocenters. The Balaban J connectivity index is 5.83.